The van der Waals surface area contributed by atoms with E-state index in [-0.39, 0.29) is 18.2 Å². The summed E-state index contributed by atoms with van der Waals surface area (Å²) in [5.74, 6) is 0.106. The zero-order valence-corrected chi connectivity index (χ0v) is 11.0. The van der Waals surface area contributed by atoms with Crippen molar-refractivity contribution in [3.8, 4) is 0 Å². The molecular formula is C14H18N2O3. The van der Waals surface area contributed by atoms with E-state index in [1.807, 2.05) is 12.1 Å². The van der Waals surface area contributed by atoms with E-state index in [9.17, 15) is 9.59 Å². The van der Waals surface area contributed by atoms with Gasteiger partial charge in [0, 0.05) is 24.3 Å². The predicted octanol–water partition coefficient (Wildman–Crippen LogP) is 1.16. The van der Waals surface area contributed by atoms with Crippen molar-refractivity contribution in [3.05, 3.63) is 29.8 Å². The molecule has 2 rings (SSSR count). The summed E-state index contributed by atoms with van der Waals surface area (Å²) in [7, 11) is 0. The molecule has 1 fully saturated rings. The molecule has 1 aromatic rings. The van der Waals surface area contributed by atoms with Gasteiger partial charge in [-0.25, -0.2) is 0 Å². The van der Waals surface area contributed by atoms with Gasteiger partial charge in [-0.3, -0.25) is 9.59 Å². The van der Waals surface area contributed by atoms with Crippen LogP contribution in [0.2, 0.25) is 0 Å². The minimum absolute atomic E-state index is 0.0379. The third-order valence-corrected chi connectivity index (χ3v) is 3.10. The molecule has 1 N–H and O–H groups in total. The molecule has 0 radical (unpaired) electrons. The van der Waals surface area contributed by atoms with Gasteiger partial charge in [0.2, 0.25) is 5.91 Å². The molecule has 0 unspecified atom stereocenters. The van der Waals surface area contributed by atoms with Crippen molar-refractivity contribution >= 4 is 17.4 Å². The highest BCUT2D eigenvalue weighted by molar-refractivity contribution is 5.94. The van der Waals surface area contributed by atoms with E-state index in [0.717, 1.165) is 5.69 Å². The van der Waals surface area contributed by atoms with E-state index < -0.39 is 0 Å². The monoisotopic (exact) mass is 262 g/mol. The van der Waals surface area contributed by atoms with Gasteiger partial charge in [0.25, 0.3) is 0 Å². The Hall–Kier alpha value is -1.88. The SMILES string of the molecule is CC(=O)c1ccc(NCC(=O)N2CCOCC2)cc1. The molecule has 5 nitrogen and oxygen atoms in total. The van der Waals surface area contributed by atoms with Gasteiger partial charge in [-0.15, -0.1) is 0 Å². The number of ether oxygens (including phenoxy) is 1. The molecule has 1 amide bonds. The van der Waals surface area contributed by atoms with Gasteiger partial charge in [-0.2, -0.15) is 0 Å². The molecule has 0 saturated carbocycles. The summed E-state index contributed by atoms with van der Waals surface area (Å²) in [5.41, 5.74) is 1.51. The number of benzene rings is 1. The van der Waals surface area contributed by atoms with Crippen molar-refractivity contribution < 1.29 is 14.3 Å². The van der Waals surface area contributed by atoms with Crippen LogP contribution in [0.25, 0.3) is 0 Å². The minimum Gasteiger partial charge on any atom is -0.378 e. The molecule has 1 saturated heterocycles. The average Bonchev–Trinajstić information content (AvgIpc) is 2.46. The van der Waals surface area contributed by atoms with Crippen LogP contribution < -0.4 is 5.32 Å². The first-order valence-electron chi connectivity index (χ1n) is 6.37. The summed E-state index contributed by atoms with van der Waals surface area (Å²) in [6.07, 6.45) is 0. The van der Waals surface area contributed by atoms with Crippen LogP contribution in [0.15, 0.2) is 24.3 Å². The topological polar surface area (TPSA) is 58.6 Å². The molecule has 1 aromatic carbocycles. The highest BCUT2D eigenvalue weighted by Crippen LogP contribution is 2.10. The molecule has 0 spiro atoms. The molecule has 5 heteroatoms. The molecule has 0 aliphatic carbocycles. The fourth-order valence-corrected chi connectivity index (χ4v) is 1.93. The Bertz CT molecular complexity index is 450. The maximum atomic E-state index is 11.9. The largest absolute Gasteiger partial charge is 0.378 e. The number of rotatable bonds is 4. The zero-order valence-electron chi connectivity index (χ0n) is 11.0. The lowest BCUT2D eigenvalue weighted by Gasteiger charge is -2.27. The Labute approximate surface area is 112 Å². The molecule has 0 aromatic heterocycles. The number of Topliss-reactive ketones (excluding diaryl/α,β-unsaturated/α-hetero) is 1. The summed E-state index contributed by atoms with van der Waals surface area (Å²) in [4.78, 5) is 24.8. The van der Waals surface area contributed by atoms with Crippen molar-refractivity contribution in [2.45, 2.75) is 6.92 Å². The van der Waals surface area contributed by atoms with Crippen LogP contribution in [0, 0.1) is 0 Å². The van der Waals surface area contributed by atoms with Crippen molar-refractivity contribution in [1.29, 1.82) is 0 Å². The van der Waals surface area contributed by atoms with E-state index in [2.05, 4.69) is 5.32 Å². The van der Waals surface area contributed by atoms with Crippen LogP contribution in [-0.4, -0.2) is 49.4 Å². The number of hydrogen-bond acceptors (Lipinski definition) is 4. The Balaban J connectivity index is 1.84. The third kappa shape index (κ3) is 3.79. The average molecular weight is 262 g/mol. The molecule has 19 heavy (non-hydrogen) atoms. The number of hydrogen-bond donors (Lipinski definition) is 1. The maximum absolute atomic E-state index is 11.9. The summed E-state index contributed by atoms with van der Waals surface area (Å²) in [6.45, 7) is 4.33. The van der Waals surface area contributed by atoms with Crippen LogP contribution in [0.3, 0.4) is 0 Å². The van der Waals surface area contributed by atoms with Crippen LogP contribution in [-0.2, 0) is 9.53 Å². The Kier molecular flexibility index (Phi) is 4.52. The highest BCUT2D eigenvalue weighted by Gasteiger charge is 2.16. The van der Waals surface area contributed by atoms with E-state index in [1.165, 1.54) is 6.92 Å². The second-order valence-corrected chi connectivity index (χ2v) is 4.48. The predicted molar refractivity (Wildman–Crippen MR) is 72.3 cm³/mol. The van der Waals surface area contributed by atoms with Gasteiger partial charge < -0.3 is 15.0 Å². The quantitative estimate of drug-likeness (QED) is 0.827. The number of carbonyl (C=O) groups excluding carboxylic acids is 2. The second-order valence-electron chi connectivity index (χ2n) is 4.48. The van der Waals surface area contributed by atoms with E-state index in [1.54, 1.807) is 17.0 Å². The first-order chi connectivity index (χ1) is 9.16. The number of amides is 1. The van der Waals surface area contributed by atoms with Crippen molar-refractivity contribution in [3.63, 3.8) is 0 Å². The molecule has 0 bridgehead atoms. The highest BCUT2D eigenvalue weighted by atomic mass is 16.5. The van der Waals surface area contributed by atoms with Gasteiger partial charge in [0.1, 0.15) is 0 Å². The lowest BCUT2D eigenvalue weighted by molar-refractivity contribution is -0.133. The number of carbonyl (C=O) groups is 2. The minimum atomic E-state index is 0.0379. The molecule has 1 aliphatic heterocycles. The van der Waals surface area contributed by atoms with E-state index in [0.29, 0.717) is 31.9 Å². The standard InChI is InChI=1S/C14H18N2O3/c1-11(17)12-2-4-13(5-3-12)15-10-14(18)16-6-8-19-9-7-16/h2-5,15H,6-10H2,1H3. The van der Waals surface area contributed by atoms with Gasteiger partial charge in [-0.1, -0.05) is 0 Å². The lowest BCUT2D eigenvalue weighted by atomic mass is 10.1. The van der Waals surface area contributed by atoms with Gasteiger partial charge in [-0.05, 0) is 31.2 Å². The summed E-state index contributed by atoms with van der Waals surface area (Å²) >= 11 is 0. The number of nitrogens with one attached hydrogen (secondary N) is 1. The van der Waals surface area contributed by atoms with Gasteiger partial charge in [0.15, 0.2) is 5.78 Å². The fourth-order valence-electron chi connectivity index (χ4n) is 1.93. The Morgan fingerprint density at radius 1 is 1.21 bits per heavy atom. The molecule has 1 heterocycles. The van der Waals surface area contributed by atoms with Crippen LogP contribution in [0.1, 0.15) is 17.3 Å². The first kappa shape index (κ1) is 13.5. The number of nitrogens with zero attached hydrogens (tertiary/aromatic N) is 1. The van der Waals surface area contributed by atoms with E-state index >= 15 is 0 Å². The molecule has 0 atom stereocenters. The van der Waals surface area contributed by atoms with Crippen molar-refractivity contribution in [1.82, 2.24) is 4.90 Å². The number of morpholine rings is 1. The first-order valence-corrected chi connectivity index (χ1v) is 6.37. The normalized spacial score (nSPS) is 15.1. The molecule has 102 valence electrons. The third-order valence-electron chi connectivity index (χ3n) is 3.10. The second kappa shape index (κ2) is 6.33. The lowest BCUT2D eigenvalue weighted by Crippen LogP contribution is -2.43. The number of anilines is 1. The summed E-state index contributed by atoms with van der Waals surface area (Å²) < 4.78 is 5.20. The van der Waals surface area contributed by atoms with Crippen molar-refractivity contribution in [2.24, 2.45) is 0 Å². The van der Waals surface area contributed by atoms with Crippen LogP contribution in [0.5, 0.6) is 0 Å². The smallest absolute Gasteiger partial charge is 0.242 e. The Morgan fingerprint density at radius 2 is 1.84 bits per heavy atom. The summed E-state index contributed by atoms with van der Waals surface area (Å²) in [5, 5.41) is 3.06. The molecular weight excluding hydrogens is 244 g/mol. The van der Waals surface area contributed by atoms with Crippen LogP contribution >= 0.6 is 0 Å². The molecule has 1 aliphatic rings. The number of ketones is 1. The Morgan fingerprint density at radius 3 is 2.42 bits per heavy atom. The summed E-state index contributed by atoms with van der Waals surface area (Å²) in [6, 6.07) is 7.13. The van der Waals surface area contributed by atoms with Crippen LogP contribution in [0.4, 0.5) is 5.69 Å². The van der Waals surface area contributed by atoms with Gasteiger partial charge >= 0.3 is 0 Å². The van der Waals surface area contributed by atoms with Gasteiger partial charge in [0.05, 0.1) is 19.8 Å². The maximum Gasteiger partial charge on any atom is 0.242 e. The fraction of sp³-hybridized carbons (Fsp3) is 0.429. The zero-order chi connectivity index (χ0) is 13.7. The van der Waals surface area contributed by atoms with Crippen molar-refractivity contribution in [2.75, 3.05) is 38.2 Å². The van der Waals surface area contributed by atoms with E-state index in [4.69, 9.17) is 4.74 Å².